The number of aromatic nitrogens is 2. The van der Waals surface area contributed by atoms with E-state index in [2.05, 4.69) is 4.98 Å². The fourth-order valence-electron chi connectivity index (χ4n) is 3.70. The minimum atomic E-state index is -0.246. The molecule has 9 heteroatoms. The first-order valence-corrected chi connectivity index (χ1v) is 10.8. The molecule has 0 N–H and O–H groups in total. The monoisotopic (exact) mass is 445 g/mol. The number of rotatable bonds is 4. The molecule has 1 aromatic carbocycles. The highest BCUT2D eigenvalue weighted by molar-refractivity contribution is 7.17. The molecule has 30 heavy (non-hydrogen) atoms. The lowest BCUT2D eigenvalue weighted by atomic mass is 9.97. The minimum absolute atomic E-state index is 0.0828. The van der Waals surface area contributed by atoms with Crippen LogP contribution < -0.4 is 5.56 Å². The predicted molar refractivity (Wildman–Crippen MR) is 116 cm³/mol. The Hall–Kier alpha value is -2.71. The number of fused-ring (bicyclic) bond motifs is 1. The van der Waals surface area contributed by atoms with Crippen molar-refractivity contribution in [2.75, 3.05) is 20.2 Å². The number of benzene rings is 1. The van der Waals surface area contributed by atoms with Crippen LogP contribution in [0.15, 0.2) is 40.8 Å². The zero-order valence-corrected chi connectivity index (χ0v) is 17.9. The van der Waals surface area contributed by atoms with Gasteiger partial charge in [-0.2, -0.15) is 0 Å². The van der Waals surface area contributed by atoms with Crippen LogP contribution in [-0.2, 0) is 20.9 Å². The Morgan fingerprint density at radius 3 is 2.60 bits per heavy atom. The Morgan fingerprint density at radius 1 is 1.23 bits per heavy atom. The summed E-state index contributed by atoms with van der Waals surface area (Å²) in [6.07, 6.45) is 2.55. The molecule has 1 aliphatic heterocycles. The maximum Gasteiger partial charge on any atom is 0.308 e. The zero-order valence-electron chi connectivity index (χ0n) is 16.3. The molecule has 156 valence electrons. The van der Waals surface area contributed by atoms with Crippen molar-refractivity contribution in [2.24, 2.45) is 5.92 Å². The molecule has 0 atom stereocenters. The largest absolute Gasteiger partial charge is 0.469 e. The smallest absolute Gasteiger partial charge is 0.308 e. The quantitative estimate of drug-likeness (QED) is 0.576. The first-order valence-electron chi connectivity index (χ1n) is 9.56. The van der Waals surface area contributed by atoms with Crippen molar-refractivity contribution < 1.29 is 14.3 Å². The second kappa shape index (κ2) is 8.57. The number of carbonyl (C=O) groups excluding carboxylic acids is 2. The van der Waals surface area contributed by atoms with Gasteiger partial charge in [-0.05, 0) is 30.5 Å². The van der Waals surface area contributed by atoms with Gasteiger partial charge in [0.25, 0.3) is 5.56 Å². The average molecular weight is 446 g/mol. The van der Waals surface area contributed by atoms with E-state index in [1.165, 1.54) is 29.3 Å². The fourth-order valence-corrected chi connectivity index (χ4v) is 4.73. The van der Waals surface area contributed by atoms with Gasteiger partial charge < -0.3 is 9.64 Å². The summed E-state index contributed by atoms with van der Waals surface area (Å²) in [5.74, 6) is -0.572. The van der Waals surface area contributed by atoms with Crippen LogP contribution in [0.1, 0.15) is 12.8 Å². The second-order valence-corrected chi connectivity index (χ2v) is 8.49. The Kier molecular flexibility index (Phi) is 5.87. The molecule has 3 aromatic rings. The summed E-state index contributed by atoms with van der Waals surface area (Å²) in [7, 11) is 1.37. The van der Waals surface area contributed by atoms with E-state index in [9.17, 15) is 14.4 Å². The van der Waals surface area contributed by atoms with Gasteiger partial charge in [-0.15, -0.1) is 11.3 Å². The average Bonchev–Trinajstić information content (AvgIpc) is 3.20. The number of thiophene rings is 1. The third kappa shape index (κ3) is 3.97. The number of carbonyl (C=O) groups is 2. The van der Waals surface area contributed by atoms with Gasteiger partial charge >= 0.3 is 5.97 Å². The number of halogens is 1. The van der Waals surface area contributed by atoms with Crippen LogP contribution in [0, 0.1) is 5.92 Å². The van der Waals surface area contributed by atoms with Crippen LogP contribution in [0.3, 0.4) is 0 Å². The Bertz CT molecular complexity index is 1150. The first kappa shape index (κ1) is 20.6. The number of esters is 1. The number of amides is 1. The van der Waals surface area contributed by atoms with E-state index in [0.29, 0.717) is 41.2 Å². The van der Waals surface area contributed by atoms with E-state index >= 15 is 0 Å². The summed E-state index contributed by atoms with van der Waals surface area (Å²) < 4.78 is 6.13. The lowest BCUT2D eigenvalue weighted by Crippen LogP contribution is -2.43. The van der Waals surface area contributed by atoms with E-state index in [0.717, 1.165) is 11.1 Å². The molecule has 3 heterocycles. The van der Waals surface area contributed by atoms with Crippen molar-refractivity contribution in [3.63, 3.8) is 0 Å². The number of likely N-dealkylation sites (tertiary alicyclic amines) is 1. The standard InChI is InChI=1S/C21H20ClN3O4S/c1-29-21(28)14-6-8-24(9-7-14)17(26)10-25-12-23-19-18(20(25)27)16(11-30-19)13-2-4-15(22)5-3-13/h2-5,11-12,14H,6-10H2,1H3. The van der Waals surface area contributed by atoms with E-state index < -0.39 is 0 Å². The number of hydrogen-bond acceptors (Lipinski definition) is 6. The molecule has 1 fully saturated rings. The number of ether oxygens (including phenoxy) is 1. The van der Waals surface area contributed by atoms with Gasteiger partial charge in [-0.1, -0.05) is 23.7 Å². The van der Waals surface area contributed by atoms with Gasteiger partial charge in [0, 0.05) is 29.1 Å². The van der Waals surface area contributed by atoms with Gasteiger partial charge in [0.1, 0.15) is 11.4 Å². The lowest BCUT2D eigenvalue weighted by Gasteiger charge is -2.30. The van der Waals surface area contributed by atoms with Crippen molar-refractivity contribution in [3.05, 3.63) is 51.3 Å². The van der Waals surface area contributed by atoms with Crippen molar-refractivity contribution in [3.8, 4) is 11.1 Å². The predicted octanol–water partition coefficient (Wildman–Crippen LogP) is 3.19. The van der Waals surface area contributed by atoms with Gasteiger partial charge in [0.15, 0.2) is 0 Å². The first-order chi connectivity index (χ1) is 14.5. The second-order valence-electron chi connectivity index (χ2n) is 7.19. The van der Waals surface area contributed by atoms with Gasteiger partial charge in [0.05, 0.1) is 24.7 Å². The fraction of sp³-hybridized carbons (Fsp3) is 0.333. The van der Waals surface area contributed by atoms with Crippen LogP contribution in [0.25, 0.3) is 21.3 Å². The number of methoxy groups -OCH3 is 1. The molecule has 0 radical (unpaired) electrons. The van der Waals surface area contributed by atoms with Crippen LogP contribution in [0.5, 0.6) is 0 Å². The zero-order chi connectivity index (χ0) is 21.3. The van der Waals surface area contributed by atoms with Gasteiger partial charge in [-0.25, -0.2) is 4.98 Å². The van der Waals surface area contributed by atoms with Crippen LogP contribution >= 0.6 is 22.9 Å². The van der Waals surface area contributed by atoms with Crippen molar-refractivity contribution >= 4 is 45.0 Å². The molecular formula is C21H20ClN3O4S. The molecule has 1 amide bonds. The molecule has 2 aromatic heterocycles. The normalized spacial score (nSPS) is 14.8. The SMILES string of the molecule is COC(=O)C1CCN(C(=O)Cn2cnc3scc(-c4ccc(Cl)cc4)c3c2=O)CC1. The maximum absolute atomic E-state index is 13.1. The van der Waals surface area contributed by atoms with E-state index in [4.69, 9.17) is 16.3 Å². The number of piperidine rings is 1. The third-order valence-electron chi connectivity index (χ3n) is 5.40. The Labute approximate surface area is 181 Å². The summed E-state index contributed by atoms with van der Waals surface area (Å²) in [5, 5.41) is 3.02. The molecule has 7 nitrogen and oxygen atoms in total. The Morgan fingerprint density at radius 2 is 1.93 bits per heavy atom. The molecule has 1 aliphatic rings. The van der Waals surface area contributed by atoms with Gasteiger partial charge in [-0.3, -0.25) is 19.0 Å². The minimum Gasteiger partial charge on any atom is -0.469 e. The number of hydrogen-bond donors (Lipinski definition) is 0. The molecule has 0 saturated carbocycles. The summed E-state index contributed by atoms with van der Waals surface area (Å²) in [6.45, 7) is 0.857. The number of nitrogens with zero attached hydrogens (tertiary/aromatic N) is 3. The summed E-state index contributed by atoms with van der Waals surface area (Å²) >= 11 is 7.36. The van der Waals surface area contributed by atoms with Crippen molar-refractivity contribution in [2.45, 2.75) is 19.4 Å². The summed E-state index contributed by atoms with van der Waals surface area (Å²) in [4.78, 5) is 44.2. The van der Waals surface area contributed by atoms with Crippen molar-refractivity contribution in [1.82, 2.24) is 14.5 Å². The lowest BCUT2D eigenvalue weighted by molar-refractivity contribution is -0.149. The molecular weight excluding hydrogens is 426 g/mol. The van der Waals surface area contributed by atoms with E-state index in [-0.39, 0.29) is 29.9 Å². The molecule has 1 saturated heterocycles. The summed E-state index contributed by atoms with van der Waals surface area (Å²) in [5.41, 5.74) is 1.41. The van der Waals surface area contributed by atoms with Crippen LogP contribution in [-0.4, -0.2) is 46.5 Å². The highest BCUT2D eigenvalue weighted by Crippen LogP contribution is 2.31. The third-order valence-corrected chi connectivity index (χ3v) is 6.54. The molecule has 0 spiro atoms. The van der Waals surface area contributed by atoms with Crippen LogP contribution in [0.2, 0.25) is 5.02 Å². The van der Waals surface area contributed by atoms with Crippen molar-refractivity contribution in [1.29, 1.82) is 0 Å². The molecule has 0 unspecified atom stereocenters. The molecule has 0 aliphatic carbocycles. The topological polar surface area (TPSA) is 81.5 Å². The van der Waals surface area contributed by atoms with E-state index in [1.807, 2.05) is 17.5 Å². The highest BCUT2D eigenvalue weighted by Gasteiger charge is 2.28. The highest BCUT2D eigenvalue weighted by atomic mass is 35.5. The van der Waals surface area contributed by atoms with Gasteiger partial charge in [0.2, 0.25) is 5.91 Å². The van der Waals surface area contributed by atoms with E-state index in [1.54, 1.807) is 17.0 Å². The molecule has 0 bridgehead atoms. The van der Waals surface area contributed by atoms with Crippen LogP contribution in [0.4, 0.5) is 0 Å². The molecule has 4 rings (SSSR count). The Balaban J connectivity index is 1.55. The maximum atomic E-state index is 13.1. The summed E-state index contributed by atoms with van der Waals surface area (Å²) in [6, 6.07) is 7.27.